The summed E-state index contributed by atoms with van der Waals surface area (Å²) in [5.41, 5.74) is 1.01. The molecule has 0 spiro atoms. The van der Waals surface area contributed by atoms with Crippen molar-refractivity contribution in [2.24, 2.45) is 28.7 Å². The van der Waals surface area contributed by atoms with Crippen molar-refractivity contribution in [1.82, 2.24) is 15.5 Å². The van der Waals surface area contributed by atoms with E-state index in [0.717, 1.165) is 23.5 Å². The summed E-state index contributed by atoms with van der Waals surface area (Å²) in [6.07, 6.45) is 5.19. The number of imide groups is 1. The third-order valence-corrected chi connectivity index (χ3v) is 6.39. The van der Waals surface area contributed by atoms with Crippen molar-refractivity contribution in [3.05, 3.63) is 35.9 Å². The van der Waals surface area contributed by atoms with Gasteiger partial charge in [-0.15, -0.1) is 0 Å². The maximum atomic E-state index is 12.8. The molecule has 2 fully saturated rings. The molecule has 1 aromatic carbocycles. The van der Waals surface area contributed by atoms with E-state index < -0.39 is 0 Å². The summed E-state index contributed by atoms with van der Waals surface area (Å²) in [7, 11) is 0. The molecule has 2 heterocycles. The van der Waals surface area contributed by atoms with Gasteiger partial charge in [0.05, 0.1) is 18.4 Å². The van der Waals surface area contributed by atoms with Gasteiger partial charge >= 0.3 is 0 Å². The molecule has 8 heteroatoms. The number of nitrogens with one attached hydrogen (secondary N) is 2. The number of guanidine groups is 1. The fourth-order valence-electron chi connectivity index (χ4n) is 5.02. The lowest BCUT2D eigenvalue weighted by molar-refractivity contribution is -0.140. The van der Waals surface area contributed by atoms with Gasteiger partial charge in [-0.1, -0.05) is 18.2 Å². The van der Waals surface area contributed by atoms with Gasteiger partial charge < -0.3 is 20.1 Å². The highest BCUT2D eigenvalue weighted by Gasteiger charge is 2.58. The van der Waals surface area contributed by atoms with Crippen molar-refractivity contribution in [3.8, 4) is 11.5 Å². The number of benzene rings is 1. The number of hydrogen-bond donors (Lipinski definition) is 2. The summed E-state index contributed by atoms with van der Waals surface area (Å²) < 4.78 is 10.7. The maximum Gasteiger partial charge on any atom is 0.233 e. The van der Waals surface area contributed by atoms with Crippen LogP contribution in [0.25, 0.3) is 0 Å². The van der Waals surface area contributed by atoms with Crippen molar-refractivity contribution in [2.75, 3.05) is 26.4 Å². The molecule has 8 nitrogen and oxygen atoms in total. The predicted octanol–water partition coefficient (Wildman–Crippen LogP) is 1.28. The minimum Gasteiger partial charge on any atom is -0.454 e. The second-order valence-electron chi connectivity index (χ2n) is 8.14. The van der Waals surface area contributed by atoms with E-state index in [2.05, 4.69) is 27.8 Å². The van der Waals surface area contributed by atoms with Crippen molar-refractivity contribution >= 4 is 17.8 Å². The molecule has 2 aliphatic heterocycles. The number of likely N-dealkylation sites (tertiary alicyclic amines) is 1. The van der Waals surface area contributed by atoms with E-state index in [1.54, 1.807) is 0 Å². The summed E-state index contributed by atoms with van der Waals surface area (Å²) in [6.45, 7) is 4.26. The van der Waals surface area contributed by atoms with Crippen LogP contribution in [0.2, 0.25) is 0 Å². The van der Waals surface area contributed by atoms with E-state index in [0.29, 0.717) is 32.1 Å². The normalized spacial score (nSPS) is 28.4. The van der Waals surface area contributed by atoms with Crippen LogP contribution in [0.15, 0.2) is 35.3 Å². The highest BCUT2D eigenvalue weighted by atomic mass is 16.7. The van der Waals surface area contributed by atoms with Crippen LogP contribution in [0, 0.1) is 23.7 Å². The first-order chi connectivity index (χ1) is 14.7. The molecule has 2 bridgehead atoms. The number of amides is 2. The molecular weight excluding hydrogens is 384 g/mol. The third kappa shape index (κ3) is 3.20. The number of allylic oxidation sites excluding steroid dienone is 2. The Hall–Kier alpha value is -3.03. The average molecular weight is 410 g/mol. The van der Waals surface area contributed by atoms with Crippen LogP contribution in [0.3, 0.4) is 0 Å². The highest BCUT2D eigenvalue weighted by molar-refractivity contribution is 6.06. The van der Waals surface area contributed by atoms with E-state index in [9.17, 15) is 9.59 Å². The molecule has 1 saturated carbocycles. The second kappa shape index (κ2) is 7.66. The van der Waals surface area contributed by atoms with Gasteiger partial charge in [-0.05, 0) is 42.9 Å². The van der Waals surface area contributed by atoms with Gasteiger partial charge in [-0.3, -0.25) is 14.5 Å². The quantitative estimate of drug-likeness (QED) is 0.318. The summed E-state index contributed by atoms with van der Waals surface area (Å²) >= 11 is 0. The Morgan fingerprint density at radius 3 is 2.57 bits per heavy atom. The maximum absolute atomic E-state index is 12.8. The summed E-state index contributed by atoms with van der Waals surface area (Å²) in [5, 5.41) is 6.44. The summed E-state index contributed by atoms with van der Waals surface area (Å²) in [6, 6.07) is 5.78. The number of aliphatic imine (C=N–C) groups is 1. The fourth-order valence-corrected chi connectivity index (χ4v) is 5.02. The molecule has 4 aliphatic rings. The lowest BCUT2D eigenvalue weighted by Crippen LogP contribution is -2.43. The SMILES string of the molecule is CCNC(=NCc1ccc2c(c1)OCO2)NCCN1C(=O)C2C3C=CC(C3)C2C1=O. The number of nitrogens with zero attached hydrogens (tertiary/aromatic N) is 2. The number of fused-ring (bicyclic) bond motifs is 6. The van der Waals surface area contributed by atoms with Gasteiger partial charge in [0.2, 0.25) is 18.6 Å². The zero-order chi connectivity index (χ0) is 20.7. The van der Waals surface area contributed by atoms with E-state index in [1.807, 2.05) is 25.1 Å². The van der Waals surface area contributed by atoms with Crippen LogP contribution < -0.4 is 20.1 Å². The van der Waals surface area contributed by atoms with E-state index in [-0.39, 0.29) is 42.3 Å². The number of rotatable bonds is 6. The van der Waals surface area contributed by atoms with Crippen molar-refractivity contribution in [2.45, 2.75) is 19.9 Å². The molecule has 5 rings (SSSR count). The topological polar surface area (TPSA) is 92.3 Å². The van der Waals surface area contributed by atoms with Crippen LogP contribution in [-0.2, 0) is 16.1 Å². The third-order valence-electron chi connectivity index (χ3n) is 6.39. The van der Waals surface area contributed by atoms with Crippen LogP contribution in [0.1, 0.15) is 18.9 Å². The molecule has 1 saturated heterocycles. The van der Waals surface area contributed by atoms with Crippen LogP contribution >= 0.6 is 0 Å². The predicted molar refractivity (Wildman–Crippen MR) is 110 cm³/mol. The van der Waals surface area contributed by atoms with Crippen molar-refractivity contribution in [1.29, 1.82) is 0 Å². The molecule has 1 aromatic rings. The Kier molecular flexibility index (Phi) is 4.84. The smallest absolute Gasteiger partial charge is 0.233 e. The molecule has 0 radical (unpaired) electrons. The van der Waals surface area contributed by atoms with Crippen LogP contribution in [0.4, 0.5) is 0 Å². The van der Waals surface area contributed by atoms with Gasteiger partial charge in [0.15, 0.2) is 17.5 Å². The van der Waals surface area contributed by atoms with Gasteiger partial charge in [0, 0.05) is 19.6 Å². The number of carbonyl (C=O) groups is 2. The Labute approximate surface area is 175 Å². The molecule has 2 N–H and O–H groups in total. The lowest BCUT2D eigenvalue weighted by atomic mass is 9.85. The molecule has 4 unspecified atom stereocenters. The van der Waals surface area contributed by atoms with Crippen molar-refractivity contribution < 1.29 is 19.1 Å². The number of carbonyl (C=O) groups excluding carboxylic acids is 2. The molecule has 2 amide bonds. The first kappa shape index (κ1) is 19.0. The lowest BCUT2D eigenvalue weighted by Gasteiger charge is -2.18. The van der Waals surface area contributed by atoms with Gasteiger partial charge in [-0.2, -0.15) is 0 Å². The van der Waals surface area contributed by atoms with E-state index >= 15 is 0 Å². The fraction of sp³-hybridized carbons (Fsp3) is 0.500. The standard InChI is InChI=1S/C22H26N4O4/c1-2-23-22(25-11-13-3-6-16-17(9-13)30-12-29-16)24-7-8-26-20(27)18-14-4-5-15(10-14)19(18)21(26)28/h3-6,9,14-15,18-19H,2,7-8,10-12H2,1H3,(H2,23,24,25). The first-order valence-corrected chi connectivity index (χ1v) is 10.6. The zero-order valence-corrected chi connectivity index (χ0v) is 17.0. The Morgan fingerprint density at radius 2 is 1.83 bits per heavy atom. The Balaban J connectivity index is 1.17. The summed E-state index contributed by atoms with van der Waals surface area (Å²) in [5.74, 6) is 2.33. The Morgan fingerprint density at radius 1 is 1.10 bits per heavy atom. The van der Waals surface area contributed by atoms with Crippen LogP contribution in [-0.4, -0.2) is 49.1 Å². The van der Waals surface area contributed by atoms with E-state index in [4.69, 9.17) is 9.47 Å². The number of ether oxygens (including phenoxy) is 2. The minimum atomic E-state index is -0.139. The van der Waals surface area contributed by atoms with Gasteiger partial charge in [0.1, 0.15) is 0 Å². The molecule has 30 heavy (non-hydrogen) atoms. The monoisotopic (exact) mass is 410 g/mol. The molecule has 158 valence electrons. The van der Waals surface area contributed by atoms with Crippen molar-refractivity contribution in [3.63, 3.8) is 0 Å². The Bertz CT molecular complexity index is 898. The van der Waals surface area contributed by atoms with Gasteiger partial charge in [0.25, 0.3) is 0 Å². The minimum absolute atomic E-state index is 0.00838. The molecule has 2 aliphatic carbocycles. The number of hydrogen-bond acceptors (Lipinski definition) is 5. The molecule has 4 atom stereocenters. The summed E-state index contributed by atoms with van der Waals surface area (Å²) in [4.78, 5) is 31.6. The highest BCUT2D eigenvalue weighted by Crippen LogP contribution is 2.52. The zero-order valence-electron chi connectivity index (χ0n) is 17.0. The second-order valence-corrected chi connectivity index (χ2v) is 8.14. The largest absolute Gasteiger partial charge is 0.454 e. The van der Waals surface area contributed by atoms with E-state index in [1.165, 1.54) is 4.90 Å². The van der Waals surface area contributed by atoms with Gasteiger partial charge in [-0.25, -0.2) is 4.99 Å². The first-order valence-electron chi connectivity index (χ1n) is 10.6. The molecule has 0 aromatic heterocycles. The molecular formula is C22H26N4O4. The average Bonchev–Trinajstić information content (AvgIpc) is 3.52. The van der Waals surface area contributed by atoms with Crippen LogP contribution in [0.5, 0.6) is 11.5 Å².